The molecule has 5 heteroatoms. The van der Waals surface area contributed by atoms with Crippen molar-refractivity contribution >= 4 is 27.8 Å². The van der Waals surface area contributed by atoms with Crippen LogP contribution in [0.25, 0.3) is 0 Å². The second-order valence-electron chi connectivity index (χ2n) is 11.0. The Labute approximate surface area is 244 Å². The summed E-state index contributed by atoms with van der Waals surface area (Å²) in [5.74, 6) is -0.791. The third kappa shape index (κ3) is 4.90. The van der Waals surface area contributed by atoms with Gasteiger partial charge in [0.05, 0.1) is 10.6 Å². The standard InChI is InChI=1S/C36H32O3P2/c37-35-33(40-29(25-13-5-1-6-14-25)21-22-30(40)26-15-7-2-8-16-26)34(36(38)39-35)41-31(27-17-9-3-10-18-27)23-24-32(41)28-19-11-4-12-20-28/h1-20,29-32H,21-24H2/t29-,30?,31-,32?,40?,41?/m1/s1. The predicted octanol–water partition coefficient (Wildman–Crippen LogP) is 9.80. The lowest BCUT2D eigenvalue weighted by molar-refractivity contribution is -0.150. The van der Waals surface area contributed by atoms with Gasteiger partial charge in [0, 0.05) is 22.6 Å². The van der Waals surface area contributed by atoms with Crippen molar-refractivity contribution in [3.63, 3.8) is 0 Å². The fourth-order valence-corrected chi connectivity index (χ4v) is 14.8. The van der Waals surface area contributed by atoms with Crippen LogP contribution in [-0.2, 0) is 14.3 Å². The van der Waals surface area contributed by atoms with E-state index in [1.165, 1.54) is 22.3 Å². The SMILES string of the molecule is O=C1OC(=O)C(P2C(c3ccccc3)CC[C@@H]2c2ccccc2)=C1P1C(c2ccccc2)CC[C@@H]1c1ccccc1. The molecule has 2 fully saturated rings. The number of hydrogen-bond acceptors (Lipinski definition) is 3. The van der Waals surface area contributed by atoms with Gasteiger partial charge in [-0.3, -0.25) is 0 Å². The Balaban J connectivity index is 1.43. The third-order valence-corrected chi connectivity index (χ3v) is 15.8. The lowest BCUT2D eigenvalue weighted by Gasteiger charge is -2.31. The third-order valence-electron chi connectivity index (χ3n) is 8.82. The van der Waals surface area contributed by atoms with E-state index in [1.807, 2.05) is 24.3 Å². The van der Waals surface area contributed by atoms with Gasteiger partial charge in [0.25, 0.3) is 0 Å². The van der Waals surface area contributed by atoms with E-state index in [-0.39, 0.29) is 22.6 Å². The average molecular weight is 575 g/mol. The maximum atomic E-state index is 13.9. The zero-order chi connectivity index (χ0) is 27.8. The summed E-state index contributed by atoms with van der Waals surface area (Å²) in [6.07, 6.45) is 3.98. The highest BCUT2D eigenvalue weighted by Gasteiger charge is 2.52. The van der Waals surface area contributed by atoms with Crippen LogP contribution in [0.5, 0.6) is 0 Å². The molecule has 0 spiro atoms. The summed E-state index contributed by atoms with van der Waals surface area (Å²) in [5, 5.41) is 1.44. The van der Waals surface area contributed by atoms with E-state index in [2.05, 4.69) is 97.1 Å². The number of rotatable bonds is 6. The van der Waals surface area contributed by atoms with Crippen molar-refractivity contribution in [2.24, 2.45) is 0 Å². The quantitative estimate of drug-likeness (QED) is 0.131. The van der Waals surface area contributed by atoms with Crippen LogP contribution in [-0.4, -0.2) is 11.9 Å². The van der Waals surface area contributed by atoms with Gasteiger partial charge in [-0.15, -0.1) is 0 Å². The molecule has 204 valence electrons. The lowest BCUT2D eigenvalue weighted by Crippen LogP contribution is -2.05. The van der Waals surface area contributed by atoms with Crippen LogP contribution < -0.4 is 0 Å². The number of cyclic esters (lactones) is 2. The van der Waals surface area contributed by atoms with Crippen molar-refractivity contribution in [2.75, 3.05) is 0 Å². The average Bonchev–Trinajstić information content (AvgIpc) is 3.73. The predicted molar refractivity (Wildman–Crippen MR) is 167 cm³/mol. The smallest absolute Gasteiger partial charge is 0.347 e. The summed E-state index contributed by atoms with van der Waals surface area (Å²) >= 11 is 0. The van der Waals surface area contributed by atoms with Crippen LogP contribution in [0.15, 0.2) is 132 Å². The van der Waals surface area contributed by atoms with Gasteiger partial charge in [0.15, 0.2) is 0 Å². The molecule has 3 nitrogen and oxygen atoms in total. The van der Waals surface area contributed by atoms with E-state index < -0.39 is 27.8 Å². The van der Waals surface area contributed by atoms with Crippen molar-refractivity contribution in [1.29, 1.82) is 0 Å². The van der Waals surface area contributed by atoms with Crippen LogP contribution in [0.1, 0.15) is 70.6 Å². The summed E-state index contributed by atoms with van der Waals surface area (Å²) in [6, 6.07) is 42.4. The minimum Gasteiger partial charge on any atom is -0.386 e. The first kappa shape index (κ1) is 26.5. The molecular formula is C36H32O3P2. The first-order chi connectivity index (χ1) is 20.2. The summed E-state index contributed by atoms with van der Waals surface area (Å²) in [4.78, 5) is 27.8. The molecule has 7 rings (SSSR count). The Kier molecular flexibility index (Phi) is 7.42. The number of esters is 2. The molecule has 0 bridgehead atoms. The maximum absolute atomic E-state index is 13.9. The maximum Gasteiger partial charge on any atom is 0.347 e. The molecule has 0 saturated carbocycles. The molecule has 0 N–H and O–H groups in total. The van der Waals surface area contributed by atoms with Gasteiger partial charge in [-0.1, -0.05) is 137 Å². The molecule has 3 aliphatic heterocycles. The molecule has 6 atom stereocenters. The Morgan fingerprint density at radius 1 is 0.415 bits per heavy atom. The van der Waals surface area contributed by atoms with Crippen molar-refractivity contribution in [2.45, 2.75) is 48.3 Å². The zero-order valence-electron chi connectivity index (χ0n) is 22.8. The molecule has 4 aromatic carbocycles. The fourth-order valence-electron chi connectivity index (χ4n) is 7.09. The van der Waals surface area contributed by atoms with Crippen LogP contribution >= 0.6 is 15.8 Å². The highest BCUT2D eigenvalue weighted by Crippen LogP contribution is 2.81. The Hall–Kier alpha value is -3.38. The molecule has 0 aliphatic carbocycles. The van der Waals surface area contributed by atoms with Crippen LogP contribution in [0, 0.1) is 0 Å². The molecule has 2 saturated heterocycles. The van der Waals surface area contributed by atoms with Crippen LogP contribution in [0.4, 0.5) is 0 Å². The van der Waals surface area contributed by atoms with Crippen molar-refractivity contribution < 1.29 is 14.3 Å². The largest absolute Gasteiger partial charge is 0.386 e. The van der Waals surface area contributed by atoms with Gasteiger partial charge < -0.3 is 4.74 Å². The van der Waals surface area contributed by atoms with Gasteiger partial charge in [0.1, 0.15) is 0 Å². The molecule has 4 unspecified atom stereocenters. The van der Waals surface area contributed by atoms with Gasteiger partial charge in [0.2, 0.25) is 0 Å². The summed E-state index contributed by atoms with van der Waals surface area (Å²) < 4.78 is 5.63. The number of ether oxygens (including phenoxy) is 1. The Morgan fingerprint density at radius 2 is 0.659 bits per heavy atom. The summed E-state index contributed by atoms with van der Waals surface area (Å²) in [7, 11) is -2.05. The second kappa shape index (κ2) is 11.5. The number of carbonyl (C=O) groups is 2. The van der Waals surface area contributed by atoms with E-state index in [0.717, 1.165) is 36.3 Å². The first-order valence-electron chi connectivity index (χ1n) is 14.5. The first-order valence-corrected chi connectivity index (χ1v) is 17.4. The van der Waals surface area contributed by atoms with Crippen molar-refractivity contribution in [1.82, 2.24) is 0 Å². The summed E-state index contributed by atoms with van der Waals surface area (Å²) in [5.41, 5.74) is 5.88. The minimum atomic E-state index is -1.02. The Bertz CT molecular complexity index is 1360. The summed E-state index contributed by atoms with van der Waals surface area (Å²) in [6.45, 7) is 0. The topological polar surface area (TPSA) is 43.4 Å². The monoisotopic (exact) mass is 574 g/mol. The highest BCUT2D eigenvalue weighted by atomic mass is 31.1. The molecule has 4 aromatic rings. The molecule has 41 heavy (non-hydrogen) atoms. The zero-order valence-corrected chi connectivity index (χ0v) is 24.6. The van der Waals surface area contributed by atoms with Gasteiger partial charge in [-0.05, 0) is 47.9 Å². The lowest BCUT2D eigenvalue weighted by atomic mass is 10.0. The van der Waals surface area contributed by atoms with E-state index >= 15 is 0 Å². The van der Waals surface area contributed by atoms with E-state index in [4.69, 9.17) is 4.74 Å². The van der Waals surface area contributed by atoms with Gasteiger partial charge in [-0.2, -0.15) is 0 Å². The van der Waals surface area contributed by atoms with E-state index in [0.29, 0.717) is 0 Å². The van der Waals surface area contributed by atoms with Crippen molar-refractivity contribution in [3.05, 3.63) is 154 Å². The van der Waals surface area contributed by atoms with Crippen molar-refractivity contribution in [3.8, 4) is 0 Å². The highest BCUT2D eigenvalue weighted by molar-refractivity contribution is 7.69. The molecule has 3 aliphatic rings. The molecule has 0 amide bonds. The molecular weight excluding hydrogens is 542 g/mol. The van der Waals surface area contributed by atoms with E-state index in [9.17, 15) is 9.59 Å². The van der Waals surface area contributed by atoms with Crippen LogP contribution in [0.3, 0.4) is 0 Å². The number of hydrogen-bond donors (Lipinski definition) is 0. The fraction of sp³-hybridized carbons (Fsp3) is 0.222. The Morgan fingerprint density at radius 3 is 0.902 bits per heavy atom. The van der Waals surface area contributed by atoms with E-state index in [1.54, 1.807) is 0 Å². The molecule has 0 radical (unpaired) electrons. The number of benzene rings is 4. The molecule has 3 heterocycles. The second-order valence-corrected chi connectivity index (χ2v) is 16.1. The van der Waals surface area contributed by atoms with Crippen LogP contribution in [0.2, 0.25) is 0 Å². The molecule has 0 aromatic heterocycles. The normalized spacial score (nSPS) is 27.8. The van der Waals surface area contributed by atoms with Gasteiger partial charge >= 0.3 is 11.9 Å². The minimum absolute atomic E-state index is 0.211. The van der Waals surface area contributed by atoms with Gasteiger partial charge in [-0.25, -0.2) is 9.59 Å². The number of carbonyl (C=O) groups excluding carboxylic acids is 2.